The van der Waals surface area contributed by atoms with Gasteiger partial charge in [0.1, 0.15) is 5.76 Å². The average molecular weight is 349 g/mol. The van der Waals surface area contributed by atoms with Gasteiger partial charge in [0.25, 0.3) is 0 Å². The van der Waals surface area contributed by atoms with Crippen LogP contribution in [0.5, 0.6) is 0 Å². The molecule has 0 radical (unpaired) electrons. The molecule has 3 aromatic rings. The van der Waals surface area contributed by atoms with E-state index >= 15 is 0 Å². The van der Waals surface area contributed by atoms with Gasteiger partial charge in [0.15, 0.2) is 0 Å². The van der Waals surface area contributed by atoms with E-state index < -0.39 is 0 Å². The van der Waals surface area contributed by atoms with E-state index in [1.165, 1.54) is 5.69 Å². The normalized spacial score (nSPS) is 15.8. The summed E-state index contributed by atoms with van der Waals surface area (Å²) in [6, 6.07) is 18.0. The molecule has 134 valence electrons. The zero-order valence-corrected chi connectivity index (χ0v) is 14.7. The van der Waals surface area contributed by atoms with Crippen LogP contribution in [0.2, 0.25) is 0 Å². The zero-order chi connectivity index (χ0) is 17.8. The molecule has 1 amide bonds. The molecule has 0 aliphatic carbocycles. The first-order chi connectivity index (χ1) is 12.8. The van der Waals surface area contributed by atoms with Gasteiger partial charge in [-0.1, -0.05) is 18.2 Å². The lowest BCUT2D eigenvalue weighted by molar-refractivity contribution is -0.132. The molecule has 0 bridgehead atoms. The number of hydrogen-bond acceptors (Lipinski definition) is 3. The number of rotatable bonds is 5. The Morgan fingerprint density at radius 2 is 1.65 bits per heavy atom. The Morgan fingerprint density at radius 1 is 0.923 bits per heavy atom. The van der Waals surface area contributed by atoms with Gasteiger partial charge in [-0.15, -0.1) is 0 Å². The summed E-state index contributed by atoms with van der Waals surface area (Å²) >= 11 is 0. The van der Waals surface area contributed by atoms with Crippen LogP contribution >= 0.6 is 0 Å². The van der Waals surface area contributed by atoms with Crippen LogP contribution in [0.4, 0.5) is 5.69 Å². The molecule has 1 aliphatic rings. The molecule has 5 nitrogen and oxygen atoms in total. The molecule has 1 atom stereocenters. The minimum Gasteiger partial charge on any atom is -0.467 e. The summed E-state index contributed by atoms with van der Waals surface area (Å²) in [5.41, 5.74) is 1.22. The molecule has 26 heavy (non-hydrogen) atoms. The Bertz CT molecular complexity index is 770. The standard InChI is InChI=1S/C21H23N3O2/c25-21(17-19(20-9-6-16-26-20)23-10-4-5-11-23)24-14-12-22(13-15-24)18-7-2-1-3-8-18/h1-11,16,19H,12-15,17H2/t19-/m1/s1. The maximum atomic E-state index is 12.9. The number of nitrogens with zero attached hydrogens (tertiary/aromatic N) is 3. The van der Waals surface area contributed by atoms with Crippen molar-refractivity contribution < 1.29 is 9.21 Å². The molecule has 2 aromatic heterocycles. The summed E-state index contributed by atoms with van der Waals surface area (Å²) < 4.78 is 7.62. The van der Waals surface area contributed by atoms with Crippen molar-refractivity contribution in [2.24, 2.45) is 0 Å². The predicted molar refractivity (Wildman–Crippen MR) is 101 cm³/mol. The molecule has 0 unspecified atom stereocenters. The smallest absolute Gasteiger partial charge is 0.225 e. The Kier molecular flexibility index (Phi) is 4.78. The van der Waals surface area contributed by atoms with E-state index in [4.69, 9.17) is 4.42 Å². The summed E-state index contributed by atoms with van der Waals surface area (Å²) in [7, 11) is 0. The van der Waals surface area contributed by atoms with Crippen LogP contribution < -0.4 is 4.90 Å². The number of hydrogen-bond donors (Lipinski definition) is 0. The van der Waals surface area contributed by atoms with Crippen molar-refractivity contribution in [1.82, 2.24) is 9.47 Å². The lowest BCUT2D eigenvalue weighted by Crippen LogP contribution is -2.49. The highest BCUT2D eigenvalue weighted by Gasteiger charge is 2.26. The van der Waals surface area contributed by atoms with E-state index in [9.17, 15) is 4.79 Å². The van der Waals surface area contributed by atoms with E-state index in [-0.39, 0.29) is 11.9 Å². The number of aromatic nitrogens is 1. The Labute approximate surface area is 153 Å². The molecule has 1 aromatic carbocycles. The zero-order valence-electron chi connectivity index (χ0n) is 14.7. The van der Waals surface area contributed by atoms with Gasteiger partial charge in [-0.25, -0.2) is 0 Å². The molecule has 1 fully saturated rings. The molecule has 5 heteroatoms. The molecular formula is C21H23N3O2. The molecular weight excluding hydrogens is 326 g/mol. The number of piperazine rings is 1. The summed E-state index contributed by atoms with van der Waals surface area (Å²) in [4.78, 5) is 17.2. The first-order valence-corrected chi connectivity index (χ1v) is 9.05. The second-order valence-corrected chi connectivity index (χ2v) is 6.57. The second kappa shape index (κ2) is 7.52. The van der Waals surface area contributed by atoms with Crippen molar-refractivity contribution in [2.45, 2.75) is 12.5 Å². The minimum atomic E-state index is -0.0975. The first-order valence-electron chi connectivity index (χ1n) is 9.05. The van der Waals surface area contributed by atoms with Crippen LogP contribution in [0, 0.1) is 0 Å². The number of anilines is 1. The maximum absolute atomic E-state index is 12.9. The van der Waals surface area contributed by atoms with Crippen LogP contribution in [-0.2, 0) is 4.79 Å². The van der Waals surface area contributed by atoms with E-state index in [2.05, 4.69) is 29.2 Å². The predicted octanol–water partition coefficient (Wildman–Crippen LogP) is 3.41. The highest BCUT2D eigenvalue weighted by molar-refractivity contribution is 5.77. The van der Waals surface area contributed by atoms with Crippen molar-refractivity contribution in [2.75, 3.05) is 31.1 Å². The monoisotopic (exact) mass is 349 g/mol. The molecule has 1 aliphatic heterocycles. The molecule has 1 saturated heterocycles. The summed E-state index contributed by atoms with van der Waals surface area (Å²) in [5, 5.41) is 0. The van der Waals surface area contributed by atoms with Gasteiger partial charge in [-0.05, 0) is 36.4 Å². The highest BCUT2D eigenvalue weighted by atomic mass is 16.3. The number of amides is 1. The van der Waals surface area contributed by atoms with Crippen molar-refractivity contribution in [3.05, 3.63) is 79.0 Å². The largest absolute Gasteiger partial charge is 0.467 e. The second-order valence-electron chi connectivity index (χ2n) is 6.57. The van der Waals surface area contributed by atoms with Crippen LogP contribution in [0.3, 0.4) is 0 Å². The van der Waals surface area contributed by atoms with Crippen molar-refractivity contribution in [3.8, 4) is 0 Å². The molecule has 4 rings (SSSR count). The van der Waals surface area contributed by atoms with E-state index in [1.54, 1.807) is 6.26 Å². The fraction of sp³-hybridized carbons (Fsp3) is 0.286. The van der Waals surface area contributed by atoms with Gasteiger partial charge in [0, 0.05) is 44.3 Å². The van der Waals surface area contributed by atoms with Gasteiger partial charge >= 0.3 is 0 Å². The third kappa shape index (κ3) is 3.52. The number of carbonyl (C=O) groups is 1. The SMILES string of the molecule is O=C(C[C@H](c1ccco1)n1cccc1)N1CCN(c2ccccc2)CC1. The lowest BCUT2D eigenvalue weighted by atomic mass is 10.1. The topological polar surface area (TPSA) is 41.6 Å². The number of carbonyl (C=O) groups excluding carboxylic acids is 1. The Balaban J connectivity index is 1.40. The van der Waals surface area contributed by atoms with E-state index in [0.29, 0.717) is 6.42 Å². The summed E-state index contributed by atoms with van der Waals surface area (Å²) in [5.74, 6) is 0.991. The average Bonchev–Trinajstić information content (AvgIpc) is 3.41. The molecule has 0 saturated carbocycles. The van der Waals surface area contributed by atoms with E-state index in [1.807, 2.05) is 52.2 Å². The molecule has 0 spiro atoms. The quantitative estimate of drug-likeness (QED) is 0.709. The van der Waals surface area contributed by atoms with Crippen LogP contribution in [-0.4, -0.2) is 41.6 Å². The minimum absolute atomic E-state index is 0.0975. The lowest BCUT2D eigenvalue weighted by Gasteiger charge is -2.36. The van der Waals surface area contributed by atoms with Gasteiger partial charge < -0.3 is 18.8 Å². The van der Waals surface area contributed by atoms with Crippen molar-refractivity contribution in [3.63, 3.8) is 0 Å². The van der Waals surface area contributed by atoms with Crippen LogP contribution in [0.1, 0.15) is 18.2 Å². The number of benzene rings is 1. The van der Waals surface area contributed by atoms with Crippen LogP contribution in [0.25, 0.3) is 0 Å². The van der Waals surface area contributed by atoms with Crippen LogP contribution in [0.15, 0.2) is 77.7 Å². The van der Waals surface area contributed by atoms with Crippen molar-refractivity contribution >= 4 is 11.6 Å². The third-order valence-electron chi connectivity index (χ3n) is 4.98. The summed E-state index contributed by atoms with van der Waals surface area (Å²) in [6.45, 7) is 3.24. The molecule has 3 heterocycles. The van der Waals surface area contributed by atoms with Crippen molar-refractivity contribution in [1.29, 1.82) is 0 Å². The fourth-order valence-corrected chi connectivity index (χ4v) is 3.54. The highest BCUT2D eigenvalue weighted by Crippen LogP contribution is 2.24. The first kappa shape index (κ1) is 16.5. The maximum Gasteiger partial charge on any atom is 0.225 e. The van der Waals surface area contributed by atoms with Gasteiger partial charge in [-0.3, -0.25) is 4.79 Å². The molecule has 0 N–H and O–H groups in total. The Morgan fingerprint density at radius 3 is 2.31 bits per heavy atom. The van der Waals surface area contributed by atoms with Gasteiger partial charge in [0.05, 0.1) is 18.7 Å². The fourth-order valence-electron chi connectivity index (χ4n) is 3.54. The van der Waals surface area contributed by atoms with E-state index in [0.717, 1.165) is 31.9 Å². The van der Waals surface area contributed by atoms with Gasteiger partial charge in [0.2, 0.25) is 5.91 Å². The number of para-hydroxylation sites is 1. The Hall–Kier alpha value is -2.95. The third-order valence-corrected chi connectivity index (χ3v) is 4.98. The summed E-state index contributed by atoms with van der Waals surface area (Å²) in [6.07, 6.45) is 6.03. The van der Waals surface area contributed by atoms with Gasteiger partial charge in [-0.2, -0.15) is 0 Å². The number of furan rings is 1.